The third-order valence-corrected chi connectivity index (χ3v) is 9.86. The maximum absolute atomic E-state index is 8.56. The molecule has 0 atom stereocenters. The van der Waals surface area contributed by atoms with Gasteiger partial charge in [-0.15, -0.1) is 0 Å². The Bertz CT molecular complexity index is 3210. The number of furan rings is 1. The van der Waals surface area contributed by atoms with Gasteiger partial charge in [-0.05, 0) is 57.1 Å². The Morgan fingerprint density at radius 3 is 1.49 bits per heavy atom. The van der Waals surface area contributed by atoms with Crippen LogP contribution in [0.2, 0.25) is 0 Å². The Balaban J connectivity index is 1.02. The molecule has 2 heterocycles. The fourth-order valence-electron chi connectivity index (χ4n) is 7.05. The number of hydrogen-bond donors (Lipinski definition) is 0. The van der Waals surface area contributed by atoms with E-state index in [-0.39, 0.29) is 17.6 Å². The molecule has 8 aromatic carbocycles. The molecule has 0 fully saturated rings. The van der Waals surface area contributed by atoms with Gasteiger partial charge in [0.25, 0.3) is 0 Å². The van der Waals surface area contributed by atoms with Crippen molar-refractivity contribution in [2.75, 3.05) is 0 Å². The first-order valence-electron chi connectivity index (χ1n) is 20.5. The second-order valence-electron chi connectivity index (χ2n) is 13.3. The van der Waals surface area contributed by atoms with Gasteiger partial charge in [-0.1, -0.05) is 182 Å². The molecule has 10 rings (SSSR count). The van der Waals surface area contributed by atoms with Crippen molar-refractivity contribution < 1.29 is 11.3 Å². The number of fused-ring (bicyclic) bond motifs is 3. The van der Waals surface area contributed by atoms with Gasteiger partial charge in [0.1, 0.15) is 11.2 Å². The van der Waals surface area contributed by atoms with E-state index in [0.717, 1.165) is 49.7 Å². The van der Waals surface area contributed by atoms with Crippen LogP contribution < -0.4 is 0 Å². The molecule has 4 nitrogen and oxygen atoms in total. The van der Waals surface area contributed by atoms with Crippen LogP contribution in [0.25, 0.3) is 101 Å². The number of hydrogen-bond acceptors (Lipinski definition) is 4. The number of rotatable bonds is 7. The maximum atomic E-state index is 8.56. The molecule has 0 unspecified atom stereocenters. The molecule has 258 valence electrons. The number of benzene rings is 8. The van der Waals surface area contributed by atoms with Gasteiger partial charge in [-0.2, -0.15) is 0 Å². The average molecular weight is 709 g/mol. The highest BCUT2D eigenvalue weighted by atomic mass is 16.3. The van der Waals surface area contributed by atoms with Crippen molar-refractivity contribution in [3.05, 3.63) is 200 Å². The highest BCUT2D eigenvalue weighted by molar-refractivity contribution is 6.10. The average Bonchev–Trinajstić information content (AvgIpc) is 3.69. The summed E-state index contributed by atoms with van der Waals surface area (Å²) >= 11 is 0. The van der Waals surface area contributed by atoms with Crippen molar-refractivity contribution in [2.24, 2.45) is 0 Å². The minimum absolute atomic E-state index is 0.111. The van der Waals surface area contributed by atoms with Crippen molar-refractivity contribution in [3.8, 4) is 78.7 Å². The van der Waals surface area contributed by atoms with Crippen LogP contribution in [0.15, 0.2) is 204 Å². The molecule has 0 aliphatic heterocycles. The maximum Gasteiger partial charge on any atom is 0.164 e. The van der Waals surface area contributed by atoms with Crippen LogP contribution in [0, 0.1) is 0 Å². The van der Waals surface area contributed by atoms with Crippen LogP contribution >= 0.6 is 0 Å². The van der Waals surface area contributed by atoms with Gasteiger partial charge < -0.3 is 4.42 Å². The molecular weight excluding hydrogens is 671 g/mol. The van der Waals surface area contributed by atoms with Crippen molar-refractivity contribution in [1.82, 2.24) is 15.0 Å². The Labute approximate surface area is 326 Å². The number of aromatic nitrogens is 3. The smallest absolute Gasteiger partial charge is 0.164 e. The zero-order valence-electron chi connectivity index (χ0n) is 34.4. The van der Waals surface area contributed by atoms with Gasteiger partial charge in [-0.3, -0.25) is 0 Å². The zero-order valence-corrected chi connectivity index (χ0v) is 29.4. The molecule has 4 heteroatoms. The van der Waals surface area contributed by atoms with E-state index in [0.29, 0.717) is 34.2 Å². The lowest BCUT2D eigenvalue weighted by molar-refractivity contribution is 0.670. The Kier molecular flexibility index (Phi) is 6.85. The van der Waals surface area contributed by atoms with Gasteiger partial charge in [-0.25, -0.2) is 15.0 Å². The quantitative estimate of drug-likeness (QED) is 0.165. The number of nitrogens with zero attached hydrogens (tertiary/aromatic N) is 3. The van der Waals surface area contributed by atoms with Crippen LogP contribution in [0.3, 0.4) is 0 Å². The van der Waals surface area contributed by atoms with E-state index in [4.69, 9.17) is 26.2 Å². The summed E-state index contributed by atoms with van der Waals surface area (Å²) in [4.78, 5) is 14.7. The molecular formula is C51H33N3O. The van der Waals surface area contributed by atoms with E-state index in [1.54, 1.807) is 18.2 Å². The molecule has 0 saturated heterocycles. The summed E-state index contributed by atoms with van der Waals surface area (Å²) in [7, 11) is 0. The van der Waals surface area contributed by atoms with E-state index in [1.165, 1.54) is 11.1 Å². The van der Waals surface area contributed by atoms with E-state index >= 15 is 0 Å². The molecule has 0 aliphatic rings. The first-order valence-corrected chi connectivity index (χ1v) is 18.0. The van der Waals surface area contributed by atoms with Crippen LogP contribution in [0.1, 0.15) is 6.85 Å². The van der Waals surface area contributed by atoms with Gasteiger partial charge in [0.15, 0.2) is 17.5 Å². The second kappa shape index (κ2) is 13.8. The summed E-state index contributed by atoms with van der Waals surface area (Å²) in [6, 6.07) is 54.7. The molecule has 0 amide bonds. The molecule has 0 spiro atoms. The number of para-hydroxylation sites is 1. The molecule has 0 N–H and O–H groups in total. The normalized spacial score (nSPS) is 12.5. The molecule has 55 heavy (non-hydrogen) atoms. The highest BCUT2D eigenvalue weighted by Gasteiger charge is 2.17. The fourth-order valence-corrected chi connectivity index (χ4v) is 7.05. The summed E-state index contributed by atoms with van der Waals surface area (Å²) < 4.78 is 48.3. The fraction of sp³-hybridized carbons (Fsp3) is 0. The van der Waals surface area contributed by atoms with Crippen LogP contribution in [0.4, 0.5) is 0 Å². The summed E-state index contributed by atoms with van der Waals surface area (Å²) in [6.45, 7) is 0. The minimum atomic E-state index is -0.437. The Morgan fingerprint density at radius 1 is 0.345 bits per heavy atom. The molecule has 0 bridgehead atoms. The van der Waals surface area contributed by atoms with Crippen LogP contribution in [-0.2, 0) is 0 Å². The molecule has 0 radical (unpaired) electrons. The lowest BCUT2D eigenvalue weighted by Crippen LogP contribution is -2.00. The van der Waals surface area contributed by atoms with E-state index < -0.39 is 18.1 Å². The van der Waals surface area contributed by atoms with Gasteiger partial charge in [0, 0.05) is 33.0 Å². The van der Waals surface area contributed by atoms with Crippen molar-refractivity contribution in [1.29, 1.82) is 0 Å². The highest BCUT2D eigenvalue weighted by Crippen LogP contribution is 2.38. The summed E-state index contributed by atoms with van der Waals surface area (Å²) in [6.07, 6.45) is 0. The largest absolute Gasteiger partial charge is 0.455 e. The van der Waals surface area contributed by atoms with E-state index in [9.17, 15) is 0 Å². The third-order valence-electron chi connectivity index (χ3n) is 9.86. The van der Waals surface area contributed by atoms with Gasteiger partial charge in [0.2, 0.25) is 0 Å². The predicted octanol–water partition coefficient (Wildman–Crippen LogP) is 13.4. The zero-order chi connectivity index (χ0) is 40.9. The first kappa shape index (κ1) is 27.2. The Hall–Kier alpha value is -7.43. The Morgan fingerprint density at radius 2 is 0.836 bits per heavy atom. The van der Waals surface area contributed by atoms with Crippen molar-refractivity contribution in [2.45, 2.75) is 0 Å². The van der Waals surface area contributed by atoms with Crippen molar-refractivity contribution in [3.63, 3.8) is 0 Å². The monoisotopic (exact) mass is 708 g/mol. The summed E-state index contributed by atoms with van der Waals surface area (Å²) in [5, 5.41) is 1.97. The molecule has 0 aliphatic carbocycles. The topological polar surface area (TPSA) is 51.8 Å². The summed E-state index contributed by atoms with van der Waals surface area (Å²) in [5.41, 5.74) is 10.9. The standard InChI is InChI=1S/C51H33N3O/c1-4-12-34(13-5-1)36-22-24-37(25-23-36)38-26-28-39(29-27-38)44-20-11-21-46-45-31-30-43(33-47(45)55-48(44)46)51-53-49(40-16-8-3-9-17-40)52-50(54-51)42-19-10-18-41(32-42)35-14-6-2-7-15-35/h1-33H/i2D,6D,7D,14D,15D. The van der Waals surface area contributed by atoms with E-state index in [1.807, 2.05) is 60.7 Å². The lowest BCUT2D eigenvalue weighted by Gasteiger charge is -2.09. The van der Waals surface area contributed by atoms with Gasteiger partial charge in [0.05, 0.1) is 6.85 Å². The van der Waals surface area contributed by atoms with Crippen LogP contribution in [-0.4, -0.2) is 15.0 Å². The molecule has 10 aromatic rings. The van der Waals surface area contributed by atoms with Crippen molar-refractivity contribution >= 4 is 21.9 Å². The minimum Gasteiger partial charge on any atom is -0.455 e. The lowest BCUT2D eigenvalue weighted by atomic mass is 9.97. The first-order chi connectivity index (χ1) is 29.3. The predicted molar refractivity (Wildman–Crippen MR) is 225 cm³/mol. The summed E-state index contributed by atoms with van der Waals surface area (Å²) in [5.74, 6) is 1.27. The SMILES string of the molecule is [2H]c1c([2H])c([2H])c(-c2cccc(-c3nc(-c4ccccc4)nc(-c4ccc5c(c4)oc4c(-c6ccc(-c7ccc(-c8ccccc8)cc7)cc6)cccc45)n3)c2)c([2H])c1[2H]. The molecule has 0 saturated carbocycles. The molecule has 2 aromatic heterocycles. The third kappa shape index (κ3) is 6.26. The van der Waals surface area contributed by atoms with Crippen LogP contribution in [0.5, 0.6) is 0 Å². The second-order valence-corrected chi connectivity index (χ2v) is 13.3. The van der Waals surface area contributed by atoms with E-state index in [2.05, 4.69) is 91.0 Å². The van der Waals surface area contributed by atoms with Gasteiger partial charge >= 0.3 is 0 Å².